The molecule has 2 aliphatic rings. The van der Waals surface area contributed by atoms with Crippen molar-refractivity contribution in [1.29, 1.82) is 0 Å². The molecule has 2 aromatic rings. The number of para-hydroxylation sites is 1. The second-order valence-corrected chi connectivity index (χ2v) is 13.8. The van der Waals surface area contributed by atoms with Crippen molar-refractivity contribution in [3.05, 3.63) is 66.2 Å². The average Bonchev–Trinajstić information content (AvgIpc) is 2.83. The summed E-state index contributed by atoms with van der Waals surface area (Å²) in [4.78, 5) is 5.14. The second kappa shape index (κ2) is 10.5. The first-order valence-corrected chi connectivity index (χ1v) is 14.0. The van der Waals surface area contributed by atoms with Crippen LogP contribution in [-0.4, -0.2) is 46.5 Å². The first kappa shape index (κ1) is 23.4. The lowest BCUT2D eigenvalue weighted by molar-refractivity contribution is 0.293. The summed E-state index contributed by atoms with van der Waals surface area (Å²) in [7, 11) is -2.03. The zero-order valence-corrected chi connectivity index (χ0v) is 21.0. The highest BCUT2D eigenvalue weighted by atomic mass is 31.2. The van der Waals surface area contributed by atoms with E-state index >= 15 is 0 Å². The molecule has 4 nitrogen and oxygen atoms in total. The van der Waals surface area contributed by atoms with Crippen LogP contribution in [0.15, 0.2) is 70.4 Å². The first-order valence-electron chi connectivity index (χ1n) is 12.3. The van der Waals surface area contributed by atoms with E-state index < -0.39 is 7.36 Å². The molecule has 2 fully saturated rings. The molecule has 0 amide bonds. The lowest BCUT2D eigenvalue weighted by Gasteiger charge is -2.53. The van der Waals surface area contributed by atoms with Crippen molar-refractivity contribution < 1.29 is 0 Å². The zero-order chi connectivity index (χ0) is 22.4. The fourth-order valence-corrected chi connectivity index (χ4v) is 9.82. The van der Waals surface area contributed by atoms with Crippen LogP contribution in [0.2, 0.25) is 0 Å². The minimum atomic E-state index is -2.03. The van der Waals surface area contributed by atoms with Gasteiger partial charge in [0.25, 0.3) is 0 Å². The Morgan fingerprint density at radius 2 is 1.16 bits per heavy atom. The van der Waals surface area contributed by atoms with E-state index in [0.717, 1.165) is 43.3 Å². The quantitative estimate of drug-likeness (QED) is 0.273. The molecule has 0 aliphatic carbocycles. The van der Waals surface area contributed by atoms with E-state index in [0.29, 0.717) is 0 Å². The van der Waals surface area contributed by atoms with Gasteiger partial charge in [-0.3, -0.25) is 9.34 Å². The lowest BCUT2D eigenvalue weighted by atomic mass is 10.2. The van der Waals surface area contributed by atoms with Gasteiger partial charge in [0.1, 0.15) is 7.36 Å². The molecule has 4 rings (SSSR count). The largest absolute Gasteiger partial charge is 0.257 e. The van der Waals surface area contributed by atoms with Crippen molar-refractivity contribution in [2.24, 2.45) is 9.74 Å². The predicted octanol–water partition coefficient (Wildman–Crippen LogP) is 7.57. The van der Waals surface area contributed by atoms with Crippen LogP contribution in [0.25, 0.3) is 0 Å². The average molecular weight is 451 g/mol. The smallest absolute Gasteiger partial charge is 0.161 e. The number of piperidine rings is 2. The molecule has 0 atom stereocenters. The van der Waals surface area contributed by atoms with Crippen molar-refractivity contribution in [2.75, 3.05) is 26.2 Å². The lowest BCUT2D eigenvalue weighted by Crippen LogP contribution is -2.44. The minimum Gasteiger partial charge on any atom is -0.257 e. The maximum absolute atomic E-state index is 5.80. The summed E-state index contributed by atoms with van der Waals surface area (Å²) in [5, 5.41) is 0.0495. The van der Waals surface area contributed by atoms with Crippen LogP contribution in [0.1, 0.15) is 64.9 Å². The Labute approximate surface area is 194 Å². The molecule has 2 aromatic carbocycles. The normalized spacial score (nSPS) is 19.7. The van der Waals surface area contributed by atoms with Gasteiger partial charge in [-0.1, -0.05) is 82.1 Å². The Balaban J connectivity index is 1.95. The van der Waals surface area contributed by atoms with E-state index in [4.69, 9.17) is 9.74 Å². The molecule has 5 heteroatoms. The molecule has 0 radical (unpaired) electrons. The molecular weight excluding hydrogens is 411 g/mol. The maximum Gasteiger partial charge on any atom is 0.161 e. The van der Waals surface area contributed by atoms with Gasteiger partial charge in [-0.2, -0.15) is 0 Å². The summed E-state index contributed by atoms with van der Waals surface area (Å²) in [5.41, 5.74) is 2.08. The van der Waals surface area contributed by atoms with E-state index in [1.54, 1.807) is 0 Å². The highest BCUT2D eigenvalue weighted by Crippen LogP contribution is 2.67. The van der Waals surface area contributed by atoms with Gasteiger partial charge in [0, 0.05) is 36.9 Å². The highest BCUT2D eigenvalue weighted by Gasteiger charge is 2.45. The zero-order valence-electron chi connectivity index (χ0n) is 20.1. The SMILES string of the molecule is CC(C)(C)P(=NC(=Nc1ccccc1)c1ccccc1)(N1CCCCC1)N1CCCCC1. The van der Waals surface area contributed by atoms with Gasteiger partial charge in [-0.25, -0.2) is 9.74 Å². The number of nitrogens with zero attached hydrogens (tertiary/aromatic N) is 4. The molecule has 2 aliphatic heterocycles. The molecule has 0 bridgehead atoms. The third-order valence-electron chi connectivity index (χ3n) is 6.61. The van der Waals surface area contributed by atoms with E-state index in [9.17, 15) is 0 Å². The van der Waals surface area contributed by atoms with E-state index in [1.807, 2.05) is 6.07 Å². The monoisotopic (exact) mass is 450 g/mol. The summed E-state index contributed by atoms with van der Waals surface area (Å²) < 4.78 is 11.4. The summed E-state index contributed by atoms with van der Waals surface area (Å²) >= 11 is 0. The van der Waals surface area contributed by atoms with Crippen LogP contribution in [0.4, 0.5) is 5.69 Å². The third kappa shape index (κ3) is 5.09. The molecule has 0 unspecified atom stereocenters. The van der Waals surface area contributed by atoms with Gasteiger partial charge in [-0.15, -0.1) is 0 Å². The van der Waals surface area contributed by atoms with E-state index in [2.05, 4.69) is 84.7 Å². The summed E-state index contributed by atoms with van der Waals surface area (Å²) in [6.07, 6.45) is 7.78. The molecule has 0 aromatic heterocycles. The molecule has 2 saturated heterocycles. The second-order valence-electron chi connectivity index (χ2n) is 10.0. The minimum absolute atomic E-state index is 0.0495. The van der Waals surface area contributed by atoms with Crippen molar-refractivity contribution in [2.45, 2.75) is 64.5 Å². The number of benzene rings is 2. The van der Waals surface area contributed by atoms with E-state index in [-0.39, 0.29) is 5.16 Å². The third-order valence-corrected chi connectivity index (χ3v) is 11.3. The Kier molecular flexibility index (Phi) is 7.66. The van der Waals surface area contributed by atoms with Gasteiger partial charge in [-0.05, 0) is 37.8 Å². The Hall–Kier alpha value is -1.74. The molecular formula is C27H39N4P. The summed E-state index contributed by atoms with van der Waals surface area (Å²) in [6, 6.07) is 20.9. The highest BCUT2D eigenvalue weighted by molar-refractivity contribution is 7.63. The molecule has 0 saturated carbocycles. The first-order chi connectivity index (χ1) is 15.5. The molecule has 0 spiro atoms. The van der Waals surface area contributed by atoms with Crippen molar-refractivity contribution in [3.63, 3.8) is 0 Å². The summed E-state index contributed by atoms with van der Waals surface area (Å²) in [5.74, 6) is 0.885. The fraction of sp³-hybridized carbons (Fsp3) is 0.519. The summed E-state index contributed by atoms with van der Waals surface area (Å²) in [6.45, 7) is 11.9. The Morgan fingerprint density at radius 3 is 1.62 bits per heavy atom. The number of aliphatic imine (C=N–C) groups is 1. The van der Waals surface area contributed by atoms with Gasteiger partial charge in [0.15, 0.2) is 5.84 Å². The van der Waals surface area contributed by atoms with Gasteiger partial charge >= 0.3 is 0 Å². The van der Waals surface area contributed by atoms with Gasteiger partial charge in [0.2, 0.25) is 0 Å². The maximum atomic E-state index is 5.80. The van der Waals surface area contributed by atoms with Gasteiger partial charge < -0.3 is 0 Å². The molecule has 32 heavy (non-hydrogen) atoms. The topological polar surface area (TPSA) is 31.2 Å². The van der Waals surface area contributed by atoms with Crippen molar-refractivity contribution in [3.8, 4) is 0 Å². The molecule has 172 valence electrons. The Bertz CT molecular complexity index is 913. The standard InChI is InChI=1S/C27H39N4P/c1-27(2,3)32(30-20-12-6-13-21-30,31-22-14-7-15-23-31)29-26(24-16-8-4-9-17-24)28-25-18-10-5-11-19-25/h4-5,8-11,16-19H,6-7,12-15,20-23H2,1-3H3. The van der Waals surface area contributed by atoms with Crippen molar-refractivity contribution in [1.82, 2.24) is 9.34 Å². The van der Waals surface area contributed by atoms with Crippen LogP contribution in [0.5, 0.6) is 0 Å². The number of hydrogen-bond donors (Lipinski definition) is 0. The van der Waals surface area contributed by atoms with Crippen LogP contribution >= 0.6 is 7.36 Å². The van der Waals surface area contributed by atoms with Crippen molar-refractivity contribution >= 4 is 18.9 Å². The van der Waals surface area contributed by atoms with Crippen LogP contribution in [0, 0.1) is 0 Å². The van der Waals surface area contributed by atoms with E-state index in [1.165, 1.54) is 38.5 Å². The van der Waals surface area contributed by atoms with Crippen LogP contribution < -0.4 is 0 Å². The molecule has 0 N–H and O–H groups in total. The fourth-order valence-electron chi connectivity index (χ4n) is 5.10. The van der Waals surface area contributed by atoms with Crippen LogP contribution in [-0.2, 0) is 0 Å². The number of hydrogen-bond acceptors (Lipinski definition) is 1. The Morgan fingerprint density at radius 1 is 0.688 bits per heavy atom. The predicted molar refractivity (Wildman–Crippen MR) is 139 cm³/mol. The van der Waals surface area contributed by atoms with Gasteiger partial charge in [0.05, 0.1) is 5.69 Å². The van der Waals surface area contributed by atoms with Crippen LogP contribution in [0.3, 0.4) is 0 Å². The molecule has 2 heterocycles. The number of rotatable bonds is 4. The number of amidine groups is 1.